The number of piperidine rings is 1. The fraction of sp³-hybridized carbons (Fsp3) is 0.625. The highest BCUT2D eigenvalue weighted by atomic mass is 19.4. The van der Waals surface area contributed by atoms with Crippen LogP contribution in [0, 0.1) is 5.41 Å². The summed E-state index contributed by atoms with van der Waals surface area (Å²) in [6.07, 6.45) is -2.12. The summed E-state index contributed by atoms with van der Waals surface area (Å²) >= 11 is 0. The van der Waals surface area contributed by atoms with E-state index in [0.717, 1.165) is 32.0 Å². The summed E-state index contributed by atoms with van der Waals surface area (Å²) < 4.78 is 38.2. The third-order valence-electron chi connectivity index (χ3n) is 4.31. The SMILES string of the molecule is CC1(C)CCN(CC(N)c2cccc(C(F)(F)F)c2)CC1. The van der Waals surface area contributed by atoms with Gasteiger partial charge in [-0.3, -0.25) is 0 Å². The van der Waals surface area contributed by atoms with Crippen molar-refractivity contribution in [1.82, 2.24) is 4.90 Å². The van der Waals surface area contributed by atoms with E-state index in [0.29, 0.717) is 17.5 Å². The third-order valence-corrected chi connectivity index (χ3v) is 4.31. The van der Waals surface area contributed by atoms with Crippen molar-refractivity contribution in [1.29, 1.82) is 0 Å². The Bertz CT molecular complexity index is 473. The number of hydrogen-bond donors (Lipinski definition) is 1. The molecule has 1 aliphatic heterocycles. The lowest BCUT2D eigenvalue weighted by Crippen LogP contribution is -2.41. The molecule has 5 heteroatoms. The zero-order valence-corrected chi connectivity index (χ0v) is 12.6. The Kier molecular flexibility index (Phi) is 4.63. The number of likely N-dealkylation sites (tertiary alicyclic amines) is 1. The molecule has 1 fully saturated rings. The van der Waals surface area contributed by atoms with Gasteiger partial charge >= 0.3 is 6.18 Å². The predicted molar refractivity (Wildman–Crippen MR) is 77.8 cm³/mol. The first-order valence-corrected chi connectivity index (χ1v) is 7.32. The monoisotopic (exact) mass is 300 g/mol. The van der Waals surface area contributed by atoms with E-state index in [1.165, 1.54) is 12.1 Å². The van der Waals surface area contributed by atoms with Crippen LogP contribution in [0.4, 0.5) is 13.2 Å². The molecule has 0 saturated carbocycles. The largest absolute Gasteiger partial charge is 0.416 e. The minimum absolute atomic E-state index is 0.358. The van der Waals surface area contributed by atoms with Gasteiger partial charge in [0.2, 0.25) is 0 Å². The van der Waals surface area contributed by atoms with Gasteiger partial charge < -0.3 is 10.6 Å². The number of nitrogens with two attached hydrogens (primary N) is 1. The van der Waals surface area contributed by atoms with Crippen LogP contribution in [0.25, 0.3) is 0 Å². The molecular formula is C16H23F3N2. The van der Waals surface area contributed by atoms with Crippen molar-refractivity contribution < 1.29 is 13.2 Å². The Morgan fingerprint density at radius 1 is 1.24 bits per heavy atom. The number of nitrogens with zero attached hydrogens (tertiary/aromatic N) is 1. The molecule has 0 aromatic heterocycles. The number of rotatable bonds is 3. The molecule has 1 aliphatic rings. The molecule has 1 aromatic carbocycles. The molecule has 1 heterocycles. The van der Waals surface area contributed by atoms with E-state index in [2.05, 4.69) is 18.7 Å². The van der Waals surface area contributed by atoms with Gasteiger partial charge in [-0.2, -0.15) is 13.2 Å². The lowest BCUT2D eigenvalue weighted by Gasteiger charge is -2.38. The molecule has 118 valence electrons. The van der Waals surface area contributed by atoms with Crippen LogP contribution in [0.5, 0.6) is 0 Å². The molecule has 1 atom stereocenters. The first-order valence-electron chi connectivity index (χ1n) is 7.32. The van der Waals surface area contributed by atoms with Crippen LogP contribution in [0.15, 0.2) is 24.3 Å². The van der Waals surface area contributed by atoms with Gasteiger partial charge in [-0.15, -0.1) is 0 Å². The summed E-state index contributed by atoms with van der Waals surface area (Å²) in [6, 6.07) is 4.97. The van der Waals surface area contributed by atoms with Crippen molar-refractivity contribution in [3.63, 3.8) is 0 Å². The van der Waals surface area contributed by atoms with Crippen LogP contribution in [0.2, 0.25) is 0 Å². The van der Waals surface area contributed by atoms with Gasteiger partial charge in [-0.25, -0.2) is 0 Å². The highest BCUT2D eigenvalue weighted by Gasteiger charge is 2.31. The summed E-state index contributed by atoms with van der Waals surface area (Å²) in [5.74, 6) is 0. The summed E-state index contributed by atoms with van der Waals surface area (Å²) in [7, 11) is 0. The van der Waals surface area contributed by atoms with E-state index >= 15 is 0 Å². The van der Waals surface area contributed by atoms with Crippen molar-refractivity contribution in [3.8, 4) is 0 Å². The van der Waals surface area contributed by atoms with E-state index < -0.39 is 11.7 Å². The molecule has 1 saturated heterocycles. The summed E-state index contributed by atoms with van der Waals surface area (Å²) in [5.41, 5.74) is 6.38. The molecule has 2 rings (SSSR count). The molecule has 0 bridgehead atoms. The van der Waals surface area contributed by atoms with Crippen LogP contribution in [0.3, 0.4) is 0 Å². The van der Waals surface area contributed by atoms with Crippen LogP contribution in [0.1, 0.15) is 43.9 Å². The molecule has 0 aliphatic carbocycles. The maximum atomic E-state index is 12.7. The number of benzene rings is 1. The van der Waals surface area contributed by atoms with Crippen molar-refractivity contribution in [2.24, 2.45) is 11.1 Å². The second kappa shape index (κ2) is 5.97. The van der Waals surface area contributed by atoms with Crippen LogP contribution in [-0.4, -0.2) is 24.5 Å². The molecule has 0 amide bonds. The highest BCUT2D eigenvalue weighted by molar-refractivity contribution is 5.28. The smallest absolute Gasteiger partial charge is 0.323 e. The summed E-state index contributed by atoms with van der Waals surface area (Å²) in [4.78, 5) is 2.25. The van der Waals surface area contributed by atoms with Gasteiger partial charge in [-0.05, 0) is 49.0 Å². The van der Waals surface area contributed by atoms with Gasteiger partial charge in [-0.1, -0.05) is 26.0 Å². The van der Waals surface area contributed by atoms with Gasteiger partial charge in [0.25, 0.3) is 0 Å². The lowest BCUT2D eigenvalue weighted by atomic mass is 9.82. The molecule has 0 radical (unpaired) electrons. The third kappa shape index (κ3) is 4.45. The van der Waals surface area contributed by atoms with Crippen molar-refractivity contribution >= 4 is 0 Å². The standard InChI is InChI=1S/C16H23F3N2/c1-15(2)6-8-21(9-7-15)11-14(20)12-4-3-5-13(10-12)16(17,18)19/h3-5,10,14H,6-9,11,20H2,1-2H3. The highest BCUT2D eigenvalue weighted by Crippen LogP contribution is 2.32. The Balaban J connectivity index is 1.99. The number of alkyl halides is 3. The van der Waals surface area contributed by atoms with Gasteiger partial charge in [0.1, 0.15) is 0 Å². The average molecular weight is 300 g/mol. The van der Waals surface area contributed by atoms with E-state index in [1.54, 1.807) is 6.07 Å². The average Bonchev–Trinajstić information content (AvgIpc) is 2.40. The fourth-order valence-electron chi connectivity index (χ4n) is 2.67. The minimum atomic E-state index is -4.31. The normalized spacial score (nSPS) is 21.2. The van der Waals surface area contributed by atoms with Gasteiger partial charge in [0, 0.05) is 12.6 Å². The van der Waals surface area contributed by atoms with Crippen LogP contribution in [-0.2, 0) is 6.18 Å². The van der Waals surface area contributed by atoms with Crippen LogP contribution >= 0.6 is 0 Å². The first-order chi connectivity index (χ1) is 9.67. The van der Waals surface area contributed by atoms with Crippen LogP contribution < -0.4 is 5.73 Å². The zero-order chi connectivity index (χ0) is 15.7. The zero-order valence-electron chi connectivity index (χ0n) is 12.6. The van der Waals surface area contributed by atoms with Crippen molar-refractivity contribution in [3.05, 3.63) is 35.4 Å². The van der Waals surface area contributed by atoms with Crippen molar-refractivity contribution in [2.45, 2.75) is 38.9 Å². The molecule has 0 spiro atoms. The Labute approximate surface area is 124 Å². The Morgan fingerprint density at radius 2 is 1.86 bits per heavy atom. The maximum absolute atomic E-state index is 12.7. The summed E-state index contributed by atoms with van der Waals surface area (Å²) in [6.45, 7) is 7.02. The number of halogens is 3. The second-order valence-corrected chi connectivity index (χ2v) is 6.69. The van der Waals surface area contributed by atoms with Crippen molar-refractivity contribution in [2.75, 3.05) is 19.6 Å². The molecular weight excluding hydrogens is 277 g/mol. The molecule has 2 nitrogen and oxygen atoms in total. The van der Waals surface area contributed by atoms with E-state index in [4.69, 9.17) is 5.73 Å². The van der Waals surface area contributed by atoms with E-state index in [-0.39, 0.29) is 6.04 Å². The molecule has 1 unspecified atom stereocenters. The predicted octanol–water partition coefficient (Wildman–Crippen LogP) is 3.83. The van der Waals surface area contributed by atoms with Gasteiger partial charge in [0.05, 0.1) is 5.56 Å². The molecule has 2 N–H and O–H groups in total. The maximum Gasteiger partial charge on any atom is 0.416 e. The van der Waals surface area contributed by atoms with E-state index in [1.807, 2.05) is 0 Å². The second-order valence-electron chi connectivity index (χ2n) is 6.69. The summed E-state index contributed by atoms with van der Waals surface area (Å²) in [5, 5.41) is 0. The Morgan fingerprint density at radius 3 is 2.43 bits per heavy atom. The molecule has 21 heavy (non-hydrogen) atoms. The Hall–Kier alpha value is -1.07. The van der Waals surface area contributed by atoms with Gasteiger partial charge in [0.15, 0.2) is 0 Å². The quantitative estimate of drug-likeness (QED) is 0.919. The lowest BCUT2D eigenvalue weighted by molar-refractivity contribution is -0.137. The topological polar surface area (TPSA) is 29.3 Å². The molecule has 1 aromatic rings. The van der Waals surface area contributed by atoms with E-state index in [9.17, 15) is 13.2 Å². The minimum Gasteiger partial charge on any atom is -0.323 e. The first kappa shape index (κ1) is 16.3. The fourth-order valence-corrected chi connectivity index (χ4v) is 2.67. The number of hydrogen-bond acceptors (Lipinski definition) is 2.